The number of ether oxygens (including phenoxy) is 2. The smallest absolute Gasteiger partial charge is 0.266 e. The second-order valence-electron chi connectivity index (χ2n) is 9.71. The Morgan fingerprint density at radius 1 is 1.00 bits per heavy atom. The zero-order chi connectivity index (χ0) is 25.9. The van der Waals surface area contributed by atoms with Crippen LogP contribution in [-0.4, -0.2) is 33.3 Å². The van der Waals surface area contributed by atoms with Crippen LogP contribution in [0.5, 0.6) is 17.2 Å². The highest BCUT2D eigenvalue weighted by atomic mass is 32.2. The molecule has 5 rings (SSSR count). The molecule has 1 amide bonds. The number of methoxy groups -OCH3 is 1. The summed E-state index contributed by atoms with van der Waals surface area (Å²) >= 11 is 6.99. The Morgan fingerprint density at radius 2 is 1.62 bits per heavy atom. The standard InChI is InChI=1S/C30H32N2O3S2/c1-20-18-23(19-28-29(33)31(30(36)37-28)17-16-22-6-4-5-7-22)21(2)32(20)24-8-10-26(11-9-24)35-27-14-12-25(34-3)13-15-27/h8-15,18-19,22H,4-7,16-17H2,1-3H3/b28-19-. The molecular formula is C30H32N2O3S2. The highest BCUT2D eigenvalue weighted by Crippen LogP contribution is 2.36. The number of benzene rings is 2. The molecule has 0 unspecified atom stereocenters. The topological polar surface area (TPSA) is 43.7 Å². The maximum absolute atomic E-state index is 13.1. The Morgan fingerprint density at radius 3 is 2.27 bits per heavy atom. The van der Waals surface area contributed by atoms with Gasteiger partial charge >= 0.3 is 0 Å². The zero-order valence-electron chi connectivity index (χ0n) is 21.5. The first-order chi connectivity index (χ1) is 17.9. The summed E-state index contributed by atoms with van der Waals surface area (Å²) in [7, 11) is 1.65. The number of hydrogen-bond acceptors (Lipinski definition) is 5. The molecule has 0 spiro atoms. The molecule has 3 aromatic rings. The van der Waals surface area contributed by atoms with Crippen LogP contribution in [0.3, 0.4) is 0 Å². The minimum Gasteiger partial charge on any atom is -0.497 e. The van der Waals surface area contributed by atoms with Crippen molar-refractivity contribution >= 4 is 40.3 Å². The summed E-state index contributed by atoms with van der Waals surface area (Å²) in [5, 5.41) is 0. The van der Waals surface area contributed by atoms with Gasteiger partial charge < -0.3 is 14.0 Å². The number of carbonyl (C=O) groups is 1. The third-order valence-corrected chi connectivity index (χ3v) is 8.63. The fourth-order valence-electron chi connectivity index (χ4n) is 5.22. The first kappa shape index (κ1) is 25.6. The van der Waals surface area contributed by atoms with Gasteiger partial charge in [0.15, 0.2) is 0 Å². The molecule has 0 radical (unpaired) electrons. The van der Waals surface area contributed by atoms with E-state index in [1.807, 2.05) is 54.6 Å². The largest absolute Gasteiger partial charge is 0.497 e. The van der Waals surface area contributed by atoms with Gasteiger partial charge in [-0.25, -0.2) is 0 Å². The van der Waals surface area contributed by atoms with Crippen molar-refractivity contribution in [2.45, 2.75) is 46.0 Å². The van der Waals surface area contributed by atoms with Gasteiger partial charge in [0.1, 0.15) is 21.6 Å². The Bertz CT molecular complexity index is 1320. The van der Waals surface area contributed by atoms with Crippen molar-refractivity contribution in [3.63, 3.8) is 0 Å². The number of aromatic nitrogens is 1. The minimum absolute atomic E-state index is 0.0397. The Kier molecular flexibility index (Phi) is 7.72. The van der Waals surface area contributed by atoms with Gasteiger partial charge in [0.2, 0.25) is 0 Å². The molecule has 0 bridgehead atoms. The van der Waals surface area contributed by atoms with Crippen LogP contribution in [-0.2, 0) is 4.79 Å². The number of aryl methyl sites for hydroxylation is 1. The van der Waals surface area contributed by atoms with E-state index >= 15 is 0 Å². The van der Waals surface area contributed by atoms with Gasteiger partial charge in [-0.1, -0.05) is 49.7 Å². The molecule has 37 heavy (non-hydrogen) atoms. The van der Waals surface area contributed by atoms with Crippen LogP contribution in [0.1, 0.15) is 49.1 Å². The molecule has 0 N–H and O–H groups in total. The molecule has 1 aliphatic heterocycles. The van der Waals surface area contributed by atoms with E-state index in [0.29, 0.717) is 9.23 Å². The first-order valence-electron chi connectivity index (χ1n) is 12.8. The lowest BCUT2D eigenvalue weighted by Gasteiger charge is -2.17. The van der Waals surface area contributed by atoms with E-state index in [1.54, 1.807) is 12.0 Å². The molecule has 192 valence electrons. The predicted octanol–water partition coefficient (Wildman–Crippen LogP) is 7.68. The molecule has 1 saturated carbocycles. The van der Waals surface area contributed by atoms with E-state index in [-0.39, 0.29) is 5.91 Å². The lowest BCUT2D eigenvalue weighted by atomic mass is 10.0. The van der Waals surface area contributed by atoms with Crippen molar-refractivity contribution < 1.29 is 14.3 Å². The van der Waals surface area contributed by atoms with Crippen LogP contribution >= 0.6 is 24.0 Å². The Hall–Kier alpha value is -3.03. The third-order valence-electron chi connectivity index (χ3n) is 7.26. The Labute approximate surface area is 228 Å². The van der Waals surface area contributed by atoms with Crippen molar-refractivity contribution in [2.75, 3.05) is 13.7 Å². The Balaban J connectivity index is 1.30. The SMILES string of the molecule is COc1ccc(Oc2ccc(-n3c(C)cc(/C=C4\SC(=S)N(CCC5CCCC5)C4=O)c3C)cc2)cc1. The van der Waals surface area contributed by atoms with Crippen molar-refractivity contribution in [2.24, 2.45) is 5.92 Å². The molecule has 1 saturated heterocycles. The van der Waals surface area contributed by atoms with E-state index in [0.717, 1.165) is 58.8 Å². The average Bonchev–Trinajstić information content (AvgIpc) is 3.58. The van der Waals surface area contributed by atoms with E-state index in [4.69, 9.17) is 21.7 Å². The van der Waals surface area contributed by atoms with Gasteiger partial charge in [0, 0.05) is 23.6 Å². The van der Waals surface area contributed by atoms with Crippen LogP contribution in [0.25, 0.3) is 11.8 Å². The lowest BCUT2D eigenvalue weighted by Crippen LogP contribution is -2.30. The maximum atomic E-state index is 13.1. The van der Waals surface area contributed by atoms with E-state index < -0.39 is 0 Å². The summed E-state index contributed by atoms with van der Waals surface area (Å²) in [5.41, 5.74) is 4.26. The van der Waals surface area contributed by atoms with Gasteiger partial charge in [-0.05, 0) is 92.4 Å². The number of thiocarbonyl (C=S) groups is 1. The van der Waals surface area contributed by atoms with E-state index in [1.165, 1.54) is 37.4 Å². The molecule has 1 aliphatic carbocycles. The fourth-order valence-corrected chi connectivity index (χ4v) is 6.52. The van der Waals surface area contributed by atoms with Crippen LogP contribution in [0.4, 0.5) is 0 Å². The molecule has 0 atom stereocenters. The lowest BCUT2D eigenvalue weighted by molar-refractivity contribution is -0.122. The van der Waals surface area contributed by atoms with Crippen molar-refractivity contribution in [1.29, 1.82) is 0 Å². The van der Waals surface area contributed by atoms with Crippen LogP contribution in [0.2, 0.25) is 0 Å². The number of carbonyl (C=O) groups excluding carboxylic acids is 1. The second-order valence-corrected chi connectivity index (χ2v) is 11.4. The number of amides is 1. The average molecular weight is 533 g/mol. The van der Waals surface area contributed by atoms with Gasteiger partial charge in [-0.2, -0.15) is 0 Å². The third kappa shape index (κ3) is 5.63. The normalized spacial score (nSPS) is 17.3. The summed E-state index contributed by atoms with van der Waals surface area (Å²) in [6, 6.07) is 17.7. The highest BCUT2D eigenvalue weighted by molar-refractivity contribution is 8.26. The van der Waals surface area contributed by atoms with E-state index in [9.17, 15) is 4.79 Å². The molecule has 1 aromatic heterocycles. The quantitative estimate of drug-likeness (QED) is 0.220. The predicted molar refractivity (Wildman–Crippen MR) is 155 cm³/mol. The van der Waals surface area contributed by atoms with Gasteiger partial charge in [-0.15, -0.1) is 0 Å². The zero-order valence-corrected chi connectivity index (χ0v) is 23.2. The molecular weight excluding hydrogens is 500 g/mol. The maximum Gasteiger partial charge on any atom is 0.266 e. The molecule has 2 heterocycles. The van der Waals surface area contributed by atoms with Crippen molar-refractivity contribution in [3.05, 3.63) is 76.5 Å². The van der Waals surface area contributed by atoms with Gasteiger partial charge in [-0.3, -0.25) is 9.69 Å². The summed E-state index contributed by atoms with van der Waals surface area (Å²) in [4.78, 5) is 15.6. The van der Waals surface area contributed by atoms with Gasteiger partial charge in [0.05, 0.1) is 12.0 Å². The summed E-state index contributed by atoms with van der Waals surface area (Å²) < 4.78 is 14.1. The highest BCUT2D eigenvalue weighted by Gasteiger charge is 2.32. The molecule has 2 fully saturated rings. The number of nitrogens with zero attached hydrogens (tertiary/aromatic N) is 2. The number of thioether (sulfide) groups is 1. The molecule has 5 nitrogen and oxygen atoms in total. The van der Waals surface area contributed by atoms with Crippen molar-refractivity contribution in [3.8, 4) is 22.9 Å². The van der Waals surface area contributed by atoms with Crippen LogP contribution in [0.15, 0.2) is 59.5 Å². The van der Waals surface area contributed by atoms with Gasteiger partial charge in [0.25, 0.3) is 5.91 Å². The molecule has 7 heteroatoms. The molecule has 2 aliphatic rings. The van der Waals surface area contributed by atoms with Crippen LogP contribution < -0.4 is 9.47 Å². The number of rotatable bonds is 8. The molecule has 2 aromatic carbocycles. The second kappa shape index (κ2) is 11.2. The first-order valence-corrected chi connectivity index (χ1v) is 14.0. The minimum atomic E-state index is 0.0397. The summed E-state index contributed by atoms with van der Waals surface area (Å²) in [6.07, 6.45) is 8.24. The number of hydrogen-bond donors (Lipinski definition) is 0. The fraction of sp³-hybridized carbons (Fsp3) is 0.333. The summed E-state index contributed by atoms with van der Waals surface area (Å²) in [5.74, 6) is 3.09. The van der Waals surface area contributed by atoms with Crippen LogP contribution in [0, 0.1) is 19.8 Å². The summed E-state index contributed by atoms with van der Waals surface area (Å²) in [6.45, 7) is 4.90. The van der Waals surface area contributed by atoms with E-state index in [2.05, 4.69) is 24.5 Å². The monoisotopic (exact) mass is 532 g/mol. The van der Waals surface area contributed by atoms with Crippen molar-refractivity contribution in [1.82, 2.24) is 9.47 Å².